The molecule has 0 radical (unpaired) electrons. The normalized spacial score (nSPS) is 18.7. The van der Waals surface area contributed by atoms with Crippen LogP contribution in [0.2, 0.25) is 0 Å². The highest BCUT2D eigenvalue weighted by Gasteiger charge is 2.26. The average molecular weight is 338 g/mol. The van der Waals surface area contributed by atoms with Crippen molar-refractivity contribution in [3.63, 3.8) is 0 Å². The van der Waals surface area contributed by atoms with Gasteiger partial charge in [-0.25, -0.2) is 5.43 Å². The molecule has 3 heterocycles. The van der Waals surface area contributed by atoms with E-state index in [1.807, 2.05) is 6.08 Å². The molecule has 1 fully saturated rings. The van der Waals surface area contributed by atoms with Crippen LogP contribution in [0.1, 0.15) is 41.1 Å². The first kappa shape index (κ1) is 15.9. The fraction of sp³-hybridized carbons (Fsp3) is 0.368. The zero-order valence-electron chi connectivity index (χ0n) is 14.5. The van der Waals surface area contributed by atoms with Gasteiger partial charge in [0.1, 0.15) is 5.71 Å². The Morgan fingerprint density at radius 3 is 2.96 bits per heavy atom. The van der Waals surface area contributed by atoms with Gasteiger partial charge in [0, 0.05) is 17.4 Å². The van der Waals surface area contributed by atoms with Gasteiger partial charge in [-0.1, -0.05) is 0 Å². The maximum atomic E-state index is 12.2. The lowest BCUT2D eigenvalue weighted by molar-refractivity contribution is -0.116. The molecule has 2 aromatic heterocycles. The predicted molar refractivity (Wildman–Crippen MR) is 96.4 cm³/mol. The first-order valence-corrected chi connectivity index (χ1v) is 8.69. The van der Waals surface area contributed by atoms with E-state index in [1.54, 1.807) is 18.4 Å². The van der Waals surface area contributed by atoms with E-state index in [-0.39, 0.29) is 5.91 Å². The molecular weight excluding hydrogens is 316 g/mol. The average Bonchev–Trinajstić information content (AvgIpc) is 2.99. The van der Waals surface area contributed by atoms with Gasteiger partial charge in [0.15, 0.2) is 5.76 Å². The molecule has 2 aromatic rings. The van der Waals surface area contributed by atoms with E-state index >= 15 is 0 Å². The number of aromatic nitrogens is 1. The molecule has 1 saturated carbocycles. The number of nitrogens with one attached hydrogen (secondary N) is 3. The van der Waals surface area contributed by atoms with E-state index in [9.17, 15) is 4.79 Å². The van der Waals surface area contributed by atoms with E-state index in [4.69, 9.17) is 4.42 Å². The Labute approximate surface area is 146 Å². The van der Waals surface area contributed by atoms with Crippen molar-refractivity contribution < 1.29 is 9.21 Å². The molecule has 0 spiro atoms. The minimum absolute atomic E-state index is 0.213. The number of aryl methyl sites for hydroxylation is 1. The molecule has 0 atom stereocenters. The smallest absolute Gasteiger partial charge is 0.273 e. The first-order valence-electron chi connectivity index (χ1n) is 8.69. The lowest BCUT2D eigenvalue weighted by atomic mass is 10.0. The number of H-pyrrole nitrogens is 1. The van der Waals surface area contributed by atoms with Crippen molar-refractivity contribution in [2.75, 3.05) is 6.54 Å². The van der Waals surface area contributed by atoms with Gasteiger partial charge in [0.05, 0.1) is 11.8 Å². The van der Waals surface area contributed by atoms with Crippen molar-refractivity contribution >= 4 is 17.7 Å². The molecule has 0 saturated heterocycles. The molecule has 1 aliphatic heterocycles. The number of carbonyl (C=O) groups excluding carboxylic acids is 1. The fourth-order valence-electron chi connectivity index (χ4n) is 3.24. The highest BCUT2D eigenvalue weighted by atomic mass is 16.3. The van der Waals surface area contributed by atoms with Crippen LogP contribution >= 0.6 is 0 Å². The number of rotatable bonds is 6. The number of amides is 1. The molecule has 0 bridgehead atoms. The minimum atomic E-state index is -0.213. The van der Waals surface area contributed by atoms with Crippen LogP contribution in [0, 0.1) is 13.8 Å². The van der Waals surface area contributed by atoms with Crippen molar-refractivity contribution in [2.45, 2.75) is 39.2 Å². The summed E-state index contributed by atoms with van der Waals surface area (Å²) >= 11 is 0. The minimum Gasteiger partial charge on any atom is -0.463 e. The Kier molecular flexibility index (Phi) is 4.05. The molecule has 1 aliphatic carbocycles. The van der Waals surface area contributed by atoms with Gasteiger partial charge in [0.2, 0.25) is 0 Å². The highest BCUT2D eigenvalue weighted by Crippen LogP contribution is 2.24. The Balaban J connectivity index is 1.59. The van der Waals surface area contributed by atoms with Crippen LogP contribution in [0.4, 0.5) is 0 Å². The summed E-state index contributed by atoms with van der Waals surface area (Å²) in [7, 11) is 0. The van der Waals surface area contributed by atoms with Crippen molar-refractivity contribution in [2.24, 2.45) is 5.10 Å². The summed E-state index contributed by atoms with van der Waals surface area (Å²) < 4.78 is 5.39. The monoisotopic (exact) mass is 338 g/mol. The van der Waals surface area contributed by atoms with E-state index in [1.165, 1.54) is 24.0 Å². The number of hydrogen-bond acceptors (Lipinski definition) is 4. The van der Waals surface area contributed by atoms with Crippen LogP contribution in [0.15, 0.2) is 33.5 Å². The summed E-state index contributed by atoms with van der Waals surface area (Å²) in [4.78, 5) is 15.6. The van der Waals surface area contributed by atoms with Gasteiger partial charge >= 0.3 is 0 Å². The number of nitrogens with zero attached hydrogens (tertiary/aromatic N) is 1. The van der Waals surface area contributed by atoms with Gasteiger partial charge in [0.25, 0.3) is 5.91 Å². The van der Waals surface area contributed by atoms with Crippen LogP contribution in [0.3, 0.4) is 0 Å². The number of hydrogen-bond donors (Lipinski definition) is 3. The summed E-state index contributed by atoms with van der Waals surface area (Å²) in [6, 6.07) is 4.30. The van der Waals surface area contributed by atoms with Crippen LogP contribution in [0.25, 0.3) is 6.08 Å². The van der Waals surface area contributed by atoms with E-state index in [0.717, 1.165) is 30.4 Å². The van der Waals surface area contributed by atoms with Crippen LogP contribution in [-0.4, -0.2) is 29.2 Å². The Bertz CT molecular complexity index is 854. The maximum Gasteiger partial charge on any atom is 0.273 e. The van der Waals surface area contributed by atoms with Gasteiger partial charge < -0.3 is 14.7 Å². The summed E-state index contributed by atoms with van der Waals surface area (Å²) in [6.07, 6.45) is 7.02. The third kappa shape index (κ3) is 3.17. The molecular formula is C19H22N4O2. The quantitative estimate of drug-likeness (QED) is 0.708. The third-order valence-electron chi connectivity index (χ3n) is 4.83. The lowest BCUT2D eigenvalue weighted by Crippen LogP contribution is -2.19. The predicted octanol–water partition coefficient (Wildman–Crippen LogP) is 2.44. The SMILES string of the molecule is Cc1[nH]c(C=C2C(=O)NN=C2c2ccco2)c(C)c1CCNC1CC1. The van der Waals surface area contributed by atoms with E-state index in [2.05, 4.69) is 34.7 Å². The summed E-state index contributed by atoms with van der Waals surface area (Å²) in [5.74, 6) is 0.370. The Morgan fingerprint density at radius 1 is 1.40 bits per heavy atom. The molecule has 6 nitrogen and oxygen atoms in total. The molecule has 0 unspecified atom stereocenters. The van der Waals surface area contributed by atoms with Crippen LogP contribution in [-0.2, 0) is 11.2 Å². The standard InChI is InChI=1S/C19H22N4O2/c1-11-14(7-8-20-13-5-6-13)12(2)21-16(11)10-15-18(22-23-19(15)24)17-4-3-9-25-17/h3-4,9-10,13,20-21H,5-8H2,1-2H3,(H,23,24). The largest absolute Gasteiger partial charge is 0.463 e. The summed E-state index contributed by atoms with van der Waals surface area (Å²) in [6.45, 7) is 5.16. The second kappa shape index (κ2) is 6.37. The van der Waals surface area contributed by atoms with Crippen molar-refractivity contribution in [3.8, 4) is 0 Å². The second-order valence-corrected chi connectivity index (χ2v) is 6.68. The molecule has 6 heteroatoms. The topological polar surface area (TPSA) is 82.4 Å². The molecule has 1 amide bonds. The van der Waals surface area contributed by atoms with Crippen molar-refractivity contribution in [1.29, 1.82) is 0 Å². The summed E-state index contributed by atoms with van der Waals surface area (Å²) in [5.41, 5.74) is 8.17. The molecule has 4 rings (SSSR count). The van der Waals surface area contributed by atoms with Gasteiger partial charge in [-0.2, -0.15) is 5.10 Å². The Hall–Kier alpha value is -2.60. The molecule has 130 valence electrons. The van der Waals surface area contributed by atoms with Crippen molar-refractivity contribution in [3.05, 3.63) is 52.2 Å². The van der Waals surface area contributed by atoms with Gasteiger partial charge in [-0.3, -0.25) is 4.79 Å². The second-order valence-electron chi connectivity index (χ2n) is 6.68. The maximum absolute atomic E-state index is 12.2. The van der Waals surface area contributed by atoms with Crippen LogP contribution < -0.4 is 10.7 Å². The fourth-order valence-corrected chi connectivity index (χ4v) is 3.24. The zero-order chi connectivity index (χ0) is 17.4. The number of aromatic amines is 1. The first-order chi connectivity index (χ1) is 12.1. The zero-order valence-corrected chi connectivity index (χ0v) is 14.5. The van der Waals surface area contributed by atoms with Gasteiger partial charge in [-0.15, -0.1) is 0 Å². The van der Waals surface area contributed by atoms with Crippen LogP contribution in [0.5, 0.6) is 0 Å². The summed E-state index contributed by atoms with van der Waals surface area (Å²) in [5, 5.41) is 7.65. The molecule has 25 heavy (non-hydrogen) atoms. The Morgan fingerprint density at radius 2 is 2.24 bits per heavy atom. The molecule has 2 aliphatic rings. The number of furan rings is 1. The third-order valence-corrected chi connectivity index (χ3v) is 4.83. The highest BCUT2D eigenvalue weighted by molar-refractivity contribution is 6.32. The van der Waals surface area contributed by atoms with E-state index < -0.39 is 0 Å². The van der Waals surface area contributed by atoms with Crippen molar-refractivity contribution in [1.82, 2.24) is 15.7 Å². The molecule has 3 N–H and O–H groups in total. The molecule has 0 aromatic carbocycles. The number of carbonyl (C=O) groups is 1. The van der Waals surface area contributed by atoms with Gasteiger partial charge in [-0.05, 0) is 69.0 Å². The number of hydrazone groups is 1. The van der Waals surface area contributed by atoms with E-state index in [0.29, 0.717) is 17.0 Å². The lowest BCUT2D eigenvalue weighted by Gasteiger charge is -2.04.